The minimum absolute atomic E-state index is 0.101. The van der Waals surface area contributed by atoms with Crippen LogP contribution in [0.25, 0.3) is 0 Å². The van der Waals surface area contributed by atoms with Gasteiger partial charge in [-0.05, 0) is 68.3 Å². The molecule has 0 aliphatic rings. The molecule has 7 heteroatoms. The molecular weight excluding hydrogens is 442 g/mol. The number of carbonyl (C=O) groups excluding carboxylic acids is 2. The standard InChI is InChI=1S/C28H33N3O4/c1-18(2)26(32)31-23-16-19(12-13-24(23)34-6)25(21-10-8-14-29-17-21)30-22-11-7-9-20(15-22)27(33)35-28(3,4)5/h7-18,25,30H,1-6H3,(H,31,32). The molecular formula is C28H33N3O4. The fourth-order valence-electron chi connectivity index (χ4n) is 3.43. The number of aromatic nitrogens is 1. The van der Waals surface area contributed by atoms with Gasteiger partial charge in [-0.15, -0.1) is 0 Å². The van der Waals surface area contributed by atoms with Crippen LogP contribution < -0.4 is 15.4 Å². The number of rotatable bonds is 8. The summed E-state index contributed by atoms with van der Waals surface area (Å²) in [6.45, 7) is 9.19. The number of hydrogen-bond donors (Lipinski definition) is 2. The van der Waals surface area contributed by atoms with E-state index in [0.29, 0.717) is 17.0 Å². The average Bonchev–Trinajstić information content (AvgIpc) is 2.82. The summed E-state index contributed by atoms with van der Waals surface area (Å²) in [7, 11) is 1.57. The summed E-state index contributed by atoms with van der Waals surface area (Å²) in [5.41, 5.74) is 3.00. The highest BCUT2D eigenvalue weighted by Gasteiger charge is 2.21. The zero-order valence-corrected chi connectivity index (χ0v) is 21.1. The van der Waals surface area contributed by atoms with E-state index in [-0.39, 0.29) is 23.8 Å². The molecule has 2 aromatic carbocycles. The number of amides is 1. The number of carbonyl (C=O) groups is 2. The zero-order chi connectivity index (χ0) is 25.6. The van der Waals surface area contributed by atoms with Crippen LogP contribution in [0, 0.1) is 5.92 Å². The molecule has 1 aromatic heterocycles. The predicted octanol–water partition coefficient (Wildman–Crippen LogP) is 5.84. The van der Waals surface area contributed by atoms with Crippen molar-refractivity contribution in [1.29, 1.82) is 0 Å². The van der Waals surface area contributed by atoms with Gasteiger partial charge in [0.05, 0.1) is 24.4 Å². The molecule has 3 aromatic rings. The fraction of sp³-hybridized carbons (Fsp3) is 0.321. The number of benzene rings is 2. The van der Waals surface area contributed by atoms with Gasteiger partial charge in [-0.1, -0.05) is 32.0 Å². The Balaban J connectivity index is 1.98. The Kier molecular flexibility index (Phi) is 8.12. The minimum atomic E-state index is -0.585. The van der Waals surface area contributed by atoms with Gasteiger partial charge in [-0.3, -0.25) is 9.78 Å². The minimum Gasteiger partial charge on any atom is -0.495 e. The molecule has 1 heterocycles. The lowest BCUT2D eigenvalue weighted by atomic mass is 9.98. The summed E-state index contributed by atoms with van der Waals surface area (Å²) in [6, 6.07) is 16.4. The van der Waals surface area contributed by atoms with Crippen molar-refractivity contribution in [2.75, 3.05) is 17.7 Å². The molecule has 184 valence electrons. The van der Waals surface area contributed by atoms with E-state index in [0.717, 1.165) is 16.8 Å². The van der Waals surface area contributed by atoms with E-state index in [9.17, 15) is 9.59 Å². The number of anilines is 2. The van der Waals surface area contributed by atoms with E-state index in [4.69, 9.17) is 9.47 Å². The van der Waals surface area contributed by atoms with Gasteiger partial charge in [0.1, 0.15) is 11.4 Å². The molecule has 0 saturated carbocycles. The van der Waals surface area contributed by atoms with Crippen molar-refractivity contribution in [3.05, 3.63) is 83.7 Å². The van der Waals surface area contributed by atoms with Gasteiger partial charge in [0, 0.05) is 24.0 Å². The molecule has 0 radical (unpaired) electrons. The number of esters is 1. The van der Waals surface area contributed by atoms with E-state index in [1.54, 1.807) is 31.6 Å². The molecule has 7 nitrogen and oxygen atoms in total. The van der Waals surface area contributed by atoms with Crippen LogP contribution in [0.15, 0.2) is 67.0 Å². The second kappa shape index (κ2) is 11.0. The number of nitrogens with zero attached hydrogens (tertiary/aromatic N) is 1. The van der Waals surface area contributed by atoms with Gasteiger partial charge in [0.25, 0.3) is 0 Å². The van der Waals surface area contributed by atoms with Crippen LogP contribution in [0.2, 0.25) is 0 Å². The van der Waals surface area contributed by atoms with E-state index >= 15 is 0 Å². The van der Waals surface area contributed by atoms with Crippen LogP contribution in [0.5, 0.6) is 5.75 Å². The molecule has 0 saturated heterocycles. The lowest BCUT2D eigenvalue weighted by Crippen LogP contribution is -2.24. The van der Waals surface area contributed by atoms with Crippen LogP contribution in [0.3, 0.4) is 0 Å². The average molecular weight is 476 g/mol. The quantitative estimate of drug-likeness (QED) is 0.398. The SMILES string of the molecule is COc1ccc(C(Nc2cccc(C(=O)OC(C)(C)C)c2)c2cccnc2)cc1NC(=O)C(C)C. The maximum absolute atomic E-state index is 12.6. The Morgan fingerprint density at radius 2 is 1.74 bits per heavy atom. The number of hydrogen-bond acceptors (Lipinski definition) is 6. The lowest BCUT2D eigenvalue weighted by molar-refractivity contribution is -0.118. The first-order chi connectivity index (χ1) is 16.6. The highest BCUT2D eigenvalue weighted by Crippen LogP contribution is 2.33. The van der Waals surface area contributed by atoms with Gasteiger partial charge in [-0.2, -0.15) is 0 Å². The molecule has 0 fully saturated rings. The Labute approximate surface area is 206 Å². The Hall–Kier alpha value is -3.87. The highest BCUT2D eigenvalue weighted by molar-refractivity contribution is 5.93. The van der Waals surface area contributed by atoms with Crippen molar-refractivity contribution in [2.24, 2.45) is 5.92 Å². The van der Waals surface area contributed by atoms with E-state index in [1.165, 1.54) is 0 Å². The van der Waals surface area contributed by atoms with E-state index < -0.39 is 5.60 Å². The van der Waals surface area contributed by atoms with E-state index in [2.05, 4.69) is 15.6 Å². The molecule has 35 heavy (non-hydrogen) atoms. The van der Waals surface area contributed by atoms with Crippen LogP contribution >= 0.6 is 0 Å². The molecule has 2 N–H and O–H groups in total. The second-order valence-corrected chi connectivity index (χ2v) is 9.55. The molecule has 1 atom stereocenters. The van der Waals surface area contributed by atoms with Crippen molar-refractivity contribution < 1.29 is 19.1 Å². The third kappa shape index (κ3) is 7.06. The van der Waals surface area contributed by atoms with Gasteiger partial charge >= 0.3 is 5.97 Å². The first kappa shape index (κ1) is 25.7. The van der Waals surface area contributed by atoms with Crippen molar-refractivity contribution >= 4 is 23.3 Å². The first-order valence-corrected chi connectivity index (χ1v) is 11.6. The van der Waals surface area contributed by atoms with Gasteiger partial charge < -0.3 is 20.1 Å². The summed E-state index contributed by atoms with van der Waals surface area (Å²) >= 11 is 0. The summed E-state index contributed by atoms with van der Waals surface area (Å²) < 4.78 is 11.0. The molecule has 3 rings (SSSR count). The highest BCUT2D eigenvalue weighted by atomic mass is 16.6. The third-order valence-electron chi connectivity index (χ3n) is 5.17. The van der Waals surface area contributed by atoms with Crippen LogP contribution in [-0.2, 0) is 9.53 Å². The number of nitrogens with one attached hydrogen (secondary N) is 2. The normalized spacial score (nSPS) is 12.1. The van der Waals surface area contributed by atoms with Gasteiger partial charge in [0.2, 0.25) is 5.91 Å². The largest absolute Gasteiger partial charge is 0.495 e. The van der Waals surface area contributed by atoms with Crippen molar-refractivity contribution in [3.8, 4) is 5.75 Å². The maximum atomic E-state index is 12.6. The maximum Gasteiger partial charge on any atom is 0.338 e. The van der Waals surface area contributed by atoms with Crippen molar-refractivity contribution in [2.45, 2.75) is 46.3 Å². The van der Waals surface area contributed by atoms with Crippen molar-refractivity contribution in [1.82, 2.24) is 4.98 Å². The molecule has 1 amide bonds. The monoisotopic (exact) mass is 475 g/mol. The molecule has 0 aliphatic heterocycles. The fourth-order valence-corrected chi connectivity index (χ4v) is 3.43. The summed E-state index contributed by atoms with van der Waals surface area (Å²) in [6.07, 6.45) is 3.50. The van der Waals surface area contributed by atoms with E-state index in [1.807, 2.05) is 77.1 Å². The molecule has 1 unspecified atom stereocenters. The Morgan fingerprint density at radius 1 is 0.971 bits per heavy atom. The van der Waals surface area contributed by atoms with Gasteiger partial charge in [0.15, 0.2) is 0 Å². The topological polar surface area (TPSA) is 89.6 Å². The van der Waals surface area contributed by atoms with Gasteiger partial charge in [-0.25, -0.2) is 4.79 Å². The molecule has 0 aliphatic carbocycles. The number of ether oxygens (including phenoxy) is 2. The third-order valence-corrected chi connectivity index (χ3v) is 5.17. The van der Waals surface area contributed by atoms with Crippen molar-refractivity contribution in [3.63, 3.8) is 0 Å². The Morgan fingerprint density at radius 3 is 2.37 bits per heavy atom. The molecule has 0 bridgehead atoms. The predicted molar refractivity (Wildman–Crippen MR) is 138 cm³/mol. The zero-order valence-electron chi connectivity index (χ0n) is 21.1. The van der Waals surface area contributed by atoms with Crippen LogP contribution in [-0.4, -0.2) is 29.6 Å². The number of pyridine rings is 1. The molecule has 0 spiro atoms. The lowest BCUT2D eigenvalue weighted by Gasteiger charge is -2.23. The smallest absolute Gasteiger partial charge is 0.338 e. The summed E-state index contributed by atoms with van der Waals surface area (Å²) in [4.78, 5) is 29.3. The van der Waals surface area contributed by atoms with Crippen LogP contribution in [0.4, 0.5) is 11.4 Å². The van der Waals surface area contributed by atoms with Crippen LogP contribution in [0.1, 0.15) is 62.1 Å². The summed E-state index contributed by atoms with van der Waals surface area (Å²) in [5, 5.41) is 6.46. The summed E-state index contributed by atoms with van der Waals surface area (Å²) in [5.74, 6) is -0.0931. The first-order valence-electron chi connectivity index (χ1n) is 11.6. The number of methoxy groups -OCH3 is 1. The second-order valence-electron chi connectivity index (χ2n) is 9.55. The Bertz CT molecular complexity index is 1170.